The molecule has 2 rings (SSSR count). The molecular weight excluding hydrogens is 320 g/mol. The van der Waals surface area contributed by atoms with E-state index in [4.69, 9.17) is 21.1 Å². The van der Waals surface area contributed by atoms with Gasteiger partial charge in [-0.1, -0.05) is 49.9 Å². The lowest BCUT2D eigenvalue weighted by atomic mass is 10.0. The minimum Gasteiger partial charge on any atom is -0.493 e. The molecule has 0 unspecified atom stereocenters. The van der Waals surface area contributed by atoms with Crippen LogP contribution in [0, 0.1) is 6.92 Å². The zero-order valence-corrected chi connectivity index (χ0v) is 15.7. The van der Waals surface area contributed by atoms with E-state index in [1.54, 1.807) is 0 Å². The molecule has 0 aliphatic rings. The molecule has 0 radical (unpaired) electrons. The second kappa shape index (κ2) is 10.5. The maximum absolute atomic E-state index is 6.08. The highest BCUT2D eigenvalue weighted by molar-refractivity contribution is 6.17. The van der Waals surface area contributed by atoms with E-state index < -0.39 is 0 Å². The number of alkyl halides is 1. The summed E-state index contributed by atoms with van der Waals surface area (Å²) in [7, 11) is 0. The third-order valence-corrected chi connectivity index (χ3v) is 4.48. The molecule has 0 fully saturated rings. The van der Waals surface area contributed by atoms with Crippen LogP contribution in [0.5, 0.6) is 11.5 Å². The van der Waals surface area contributed by atoms with Gasteiger partial charge in [0.1, 0.15) is 11.5 Å². The summed E-state index contributed by atoms with van der Waals surface area (Å²) in [5, 5.41) is 2.27. The van der Waals surface area contributed by atoms with Crippen LogP contribution in [0.15, 0.2) is 30.3 Å². The van der Waals surface area contributed by atoms with Gasteiger partial charge in [0.15, 0.2) is 0 Å². The Morgan fingerprint density at radius 2 is 1.54 bits per heavy atom. The monoisotopic (exact) mass is 348 g/mol. The van der Waals surface area contributed by atoms with Crippen molar-refractivity contribution < 1.29 is 9.47 Å². The lowest BCUT2D eigenvalue weighted by Gasteiger charge is -2.15. The van der Waals surface area contributed by atoms with Crippen LogP contribution >= 0.6 is 11.6 Å². The first-order chi connectivity index (χ1) is 11.8. The van der Waals surface area contributed by atoms with E-state index in [1.165, 1.54) is 25.7 Å². The Bertz CT molecular complexity index is 625. The van der Waals surface area contributed by atoms with Gasteiger partial charge in [0.25, 0.3) is 0 Å². The van der Waals surface area contributed by atoms with E-state index in [2.05, 4.69) is 37.3 Å². The Morgan fingerprint density at radius 1 is 0.875 bits per heavy atom. The van der Waals surface area contributed by atoms with Gasteiger partial charge in [-0.15, -0.1) is 11.6 Å². The smallest absolute Gasteiger partial charge is 0.130 e. The first-order valence-corrected chi connectivity index (χ1v) is 9.65. The van der Waals surface area contributed by atoms with Crippen molar-refractivity contribution >= 4 is 22.4 Å². The first kappa shape index (κ1) is 18.9. The van der Waals surface area contributed by atoms with Gasteiger partial charge in [-0.25, -0.2) is 0 Å². The number of hydrogen-bond acceptors (Lipinski definition) is 2. The van der Waals surface area contributed by atoms with Crippen molar-refractivity contribution in [3.63, 3.8) is 0 Å². The Hall–Kier alpha value is -1.41. The number of hydrogen-bond donors (Lipinski definition) is 0. The molecule has 0 spiro atoms. The Labute approximate surface area is 151 Å². The Kier molecular flexibility index (Phi) is 8.24. The lowest BCUT2D eigenvalue weighted by molar-refractivity contribution is 0.306. The third-order valence-electron chi connectivity index (χ3n) is 4.22. The molecule has 0 atom stereocenters. The molecule has 0 heterocycles. The van der Waals surface area contributed by atoms with Gasteiger partial charge < -0.3 is 9.47 Å². The van der Waals surface area contributed by atoms with Crippen LogP contribution in [-0.2, 0) is 0 Å². The minimum absolute atomic E-state index is 0.675. The zero-order valence-electron chi connectivity index (χ0n) is 14.9. The van der Waals surface area contributed by atoms with E-state index in [-0.39, 0.29) is 0 Å². The van der Waals surface area contributed by atoms with Crippen LogP contribution in [0.25, 0.3) is 10.8 Å². The van der Waals surface area contributed by atoms with Crippen LogP contribution in [0.2, 0.25) is 0 Å². The predicted molar refractivity (Wildman–Crippen MR) is 104 cm³/mol. The molecule has 2 aromatic rings. The number of fused-ring (bicyclic) bond motifs is 1. The number of rotatable bonds is 11. The number of aryl methyl sites for hydroxylation is 1. The fourth-order valence-corrected chi connectivity index (χ4v) is 3.18. The van der Waals surface area contributed by atoms with Gasteiger partial charge in [0.05, 0.1) is 13.2 Å². The maximum Gasteiger partial charge on any atom is 0.130 e. The fraction of sp³-hybridized carbons (Fsp3) is 0.524. The van der Waals surface area contributed by atoms with Crippen LogP contribution in [0.3, 0.4) is 0 Å². The zero-order chi connectivity index (χ0) is 17.2. The molecule has 0 amide bonds. The van der Waals surface area contributed by atoms with Crippen molar-refractivity contribution in [3.8, 4) is 11.5 Å². The maximum atomic E-state index is 6.08. The minimum atomic E-state index is 0.675. The number of unbranched alkanes of at least 4 members (excludes halogenated alkanes) is 5. The lowest BCUT2D eigenvalue weighted by Crippen LogP contribution is -2.01. The van der Waals surface area contributed by atoms with Crippen molar-refractivity contribution in [2.75, 3.05) is 19.1 Å². The first-order valence-electron chi connectivity index (χ1n) is 9.11. The largest absolute Gasteiger partial charge is 0.493 e. The van der Waals surface area contributed by atoms with Gasteiger partial charge in [-0.2, -0.15) is 0 Å². The normalized spacial score (nSPS) is 11.0. The van der Waals surface area contributed by atoms with Gasteiger partial charge in [-0.3, -0.25) is 0 Å². The van der Waals surface area contributed by atoms with E-state index in [0.717, 1.165) is 53.2 Å². The second-order valence-electron chi connectivity index (χ2n) is 6.16. The Balaban J connectivity index is 1.94. The van der Waals surface area contributed by atoms with Crippen LogP contribution in [-0.4, -0.2) is 19.1 Å². The Morgan fingerprint density at radius 3 is 2.25 bits per heavy atom. The molecule has 0 aromatic heterocycles. The number of halogens is 1. The van der Waals surface area contributed by atoms with E-state index in [0.29, 0.717) is 6.61 Å². The average molecular weight is 349 g/mol. The van der Waals surface area contributed by atoms with Gasteiger partial charge in [0.2, 0.25) is 0 Å². The molecule has 0 N–H and O–H groups in total. The van der Waals surface area contributed by atoms with Gasteiger partial charge in [0, 0.05) is 16.7 Å². The average Bonchev–Trinajstić information content (AvgIpc) is 2.60. The molecule has 0 aliphatic heterocycles. The highest BCUT2D eigenvalue weighted by atomic mass is 35.5. The van der Waals surface area contributed by atoms with Crippen molar-refractivity contribution in [1.82, 2.24) is 0 Å². The van der Waals surface area contributed by atoms with Crippen LogP contribution in [0.1, 0.15) is 51.0 Å². The standard InChI is InChI=1S/C21H29ClO2/c1-3-23-21-17(2)16-20(18-12-8-9-13-19(18)21)24-15-11-7-5-4-6-10-14-22/h8-9,12-13,16H,3-7,10-11,14-15H2,1-2H3. The molecular formula is C21H29ClO2. The van der Waals surface area contributed by atoms with Crippen LogP contribution < -0.4 is 9.47 Å². The van der Waals surface area contributed by atoms with E-state index in [1.807, 2.05) is 6.92 Å². The summed E-state index contributed by atoms with van der Waals surface area (Å²) < 4.78 is 11.9. The summed E-state index contributed by atoms with van der Waals surface area (Å²) in [6.45, 7) is 5.55. The SMILES string of the molecule is CCOc1c(C)cc(OCCCCCCCCCl)c2ccccc12. The molecule has 132 valence electrons. The molecule has 0 saturated heterocycles. The summed E-state index contributed by atoms with van der Waals surface area (Å²) in [6.07, 6.45) is 7.24. The molecule has 0 aliphatic carbocycles. The van der Waals surface area contributed by atoms with Gasteiger partial charge in [-0.05, 0) is 38.3 Å². The molecule has 24 heavy (non-hydrogen) atoms. The van der Waals surface area contributed by atoms with Crippen molar-refractivity contribution in [1.29, 1.82) is 0 Å². The van der Waals surface area contributed by atoms with Gasteiger partial charge >= 0.3 is 0 Å². The topological polar surface area (TPSA) is 18.5 Å². The summed E-state index contributed by atoms with van der Waals surface area (Å²) >= 11 is 5.69. The number of ether oxygens (including phenoxy) is 2. The number of benzene rings is 2. The molecule has 3 heteroatoms. The predicted octanol–water partition coefficient (Wildman–Crippen LogP) is 6.51. The summed E-state index contributed by atoms with van der Waals surface area (Å²) in [4.78, 5) is 0. The molecule has 2 nitrogen and oxygen atoms in total. The molecule has 0 saturated carbocycles. The highest BCUT2D eigenvalue weighted by Gasteiger charge is 2.11. The second-order valence-corrected chi connectivity index (χ2v) is 6.54. The third kappa shape index (κ3) is 5.31. The molecule has 2 aromatic carbocycles. The van der Waals surface area contributed by atoms with Crippen molar-refractivity contribution in [2.45, 2.75) is 52.4 Å². The quantitative estimate of drug-likeness (QED) is 0.340. The van der Waals surface area contributed by atoms with E-state index in [9.17, 15) is 0 Å². The summed E-state index contributed by atoms with van der Waals surface area (Å²) in [6, 6.07) is 10.4. The van der Waals surface area contributed by atoms with E-state index >= 15 is 0 Å². The van der Waals surface area contributed by atoms with Crippen molar-refractivity contribution in [3.05, 3.63) is 35.9 Å². The fourth-order valence-electron chi connectivity index (χ4n) is 2.99. The summed E-state index contributed by atoms with van der Waals surface area (Å²) in [5.74, 6) is 2.72. The van der Waals surface area contributed by atoms with Crippen molar-refractivity contribution in [2.24, 2.45) is 0 Å². The van der Waals surface area contributed by atoms with Crippen LogP contribution in [0.4, 0.5) is 0 Å². The summed E-state index contributed by atoms with van der Waals surface area (Å²) in [5.41, 5.74) is 1.13. The molecule has 0 bridgehead atoms. The highest BCUT2D eigenvalue weighted by Crippen LogP contribution is 2.36.